The molecule has 0 radical (unpaired) electrons. The largest absolute Gasteiger partial charge is 0.494 e. The van der Waals surface area contributed by atoms with Crippen LogP contribution in [0.2, 0.25) is 0 Å². The average molecular weight is 258 g/mol. The summed E-state index contributed by atoms with van der Waals surface area (Å²) in [7, 11) is 2.96. The Labute approximate surface area is 106 Å². The average Bonchev–Trinajstić information content (AvgIpc) is 2.33. The number of rotatable bonds is 7. The van der Waals surface area contributed by atoms with E-state index >= 15 is 0 Å². The Morgan fingerprint density at radius 2 is 2.17 bits per heavy atom. The molecule has 0 aromatic heterocycles. The van der Waals surface area contributed by atoms with Gasteiger partial charge in [0.05, 0.1) is 31.1 Å². The van der Waals surface area contributed by atoms with Crippen molar-refractivity contribution in [3.8, 4) is 5.75 Å². The molecule has 0 spiro atoms. The van der Waals surface area contributed by atoms with Crippen molar-refractivity contribution in [3.05, 3.63) is 17.9 Å². The van der Waals surface area contributed by atoms with E-state index in [-0.39, 0.29) is 24.1 Å². The van der Waals surface area contributed by atoms with Gasteiger partial charge in [-0.1, -0.05) is 0 Å². The van der Waals surface area contributed by atoms with Crippen molar-refractivity contribution in [1.82, 2.24) is 0 Å². The van der Waals surface area contributed by atoms with Crippen LogP contribution in [0.3, 0.4) is 0 Å². The zero-order valence-electron chi connectivity index (χ0n) is 10.6. The summed E-state index contributed by atoms with van der Waals surface area (Å²) in [4.78, 5) is 0. The van der Waals surface area contributed by atoms with E-state index in [1.165, 1.54) is 19.2 Å². The van der Waals surface area contributed by atoms with Gasteiger partial charge in [0.25, 0.3) is 0 Å². The van der Waals surface area contributed by atoms with Gasteiger partial charge in [-0.15, -0.1) is 0 Å². The minimum absolute atomic E-state index is 0.0270. The number of benzene rings is 1. The topological polar surface area (TPSA) is 76.7 Å². The molecular weight excluding hydrogens is 239 g/mol. The third-order valence-corrected chi connectivity index (χ3v) is 2.53. The second-order valence-corrected chi connectivity index (χ2v) is 3.88. The molecule has 4 N–H and O–H groups in total. The highest BCUT2D eigenvalue weighted by molar-refractivity contribution is 5.69. The first-order valence-electron chi connectivity index (χ1n) is 5.61. The van der Waals surface area contributed by atoms with Crippen LogP contribution in [-0.4, -0.2) is 38.6 Å². The van der Waals surface area contributed by atoms with Gasteiger partial charge in [0, 0.05) is 25.8 Å². The number of aliphatic hydroxyl groups is 1. The molecule has 0 aliphatic heterocycles. The first-order valence-corrected chi connectivity index (χ1v) is 5.61. The van der Waals surface area contributed by atoms with Gasteiger partial charge in [-0.2, -0.15) is 0 Å². The molecule has 6 heteroatoms. The maximum atomic E-state index is 13.4. The maximum absolute atomic E-state index is 13.4. The van der Waals surface area contributed by atoms with Crippen molar-refractivity contribution in [2.45, 2.75) is 12.5 Å². The van der Waals surface area contributed by atoms with Crippen molar-refractivity contribution in [1.29, 1.82) is 0 Å². The van der Waals surface area contributed by atoms with Crippen LogP contribution in [-0.2, 0) is 4.74 Å². The summed E-state index contributed by atoms with van der Waals surface area (Å²) in [6.45, 7) is 0.443. The van der Waals surface area contributed by atoms with Gasteiger partial charge in [0.2, 0.25) is 0 Å². The SMILES string of the molecule is COCC(CCO)Nc1cc(OC)c(F)cc1N. The number of nitrogens with one attached hydrogen (secondary N) is 1. The van der Waals surface area contributed by atoms with Gasteiger partial charge in [0.1, 0.15) is 0 Å². The molecule has 0 fully saturated rings. The number of anilines is 2. The first-order chi connectivity index (χ1) is 8.62. The lowest BCUT2D eigenvalue weighted by molar-refractivity contribution is 0.170. The highest BCUT2D eigenvalue weighted by atomic mass is 19.1. The molecule has 102 valence electrons. The third kappa shape index (κ3) is 3.75. The molecule has 1 atom stereocenters. The second-order valence-electron chi connectivity index (χ2n) is 3.88. The van der Waals surface area contributed by atoms with Crippen LogP contribution in [0.5, 0.6) is 5.75 Å². The highest BCUT2D eigenvalue weighted by Gasteiger charge is 2.13. The summed E-state index contributed by atoms with van der Waals surface area (Å²) < 4.78 is 23.3. The summed E-state index contributed by atoms with van der Waals surface area (Å²) in [6, 6.07) is 2.59. The molecule has 0 aliphatic rings. The summed E-state index contributed by atoms with van der Waals surface area (Å²) >= 11 is 0. The smallest absolute Gasteiger partial charge is 0.167 e. The van der Waals surface area contributed by atoms with Crippen LogP contribution in [0, 0.1) is 5.82 Å². The van der Waals surface area contributed by atoms with Gasteiger partial charge in [-0.3, -0.25) is 0 Å². The number of methoxy groups -OCH3 is 2. The normalized spacial score (nSPS) is 12.2. The van der Waals surface area contributed by atoms with Gasteiger partial charge in [-0.25, -0.2) is 4.39 Å². The van der Waals surface area contributed by atoms with E-state index in [0.717, 1.165) is 0 Å². The van der Waals surface area contributed by atoms with Gasteiger partial charge in [-0.05, 0) is 6.42 Å². The number of ether oxygens (including phenoxy) is 2. The number of nitrogens with two attached hydrogens (primary N) is 1. The predicted molar refractivity (Wildman–Crippen MR) is 68.4 cm³/mol. The van der Waals surface area contributed by atoms with Crippen LogP contribution in [0.25, 0.3) is 0 Å². The van der Waals surface area contributed by atoms with E-state index in [0.29, 0.717) is 18.7 Å². The number of aliphatic hydroxyl groups excluding tert-OH is 1. The van der Waals surface area contributed by atoms with Crippen LogP contribution in [0.4, 0.5) is 15.8 Å². The first kappa shape index (κ1) is 14.5. The zero-order valence-corrected chi connectivity index (χ0v) is 10.6. The van der Waals surface area contributed by atoms with Crippen molar-refractivity contribution >= 4 is 11.4 Å². The van der Waals surface area contributed by atoms with Gasteiger partial charge >= 0.3 is 0 Å². The van der Waals surface area contributed by atoms with E-state index < -0.39 is 5.82 Å². The van der Waals surface area contributed by atoms with Crippen molar-refractivity contribution < 1.29 is 19.0 Å². The molecule has 1 unspecified atom stereocenters. The van der Waals surface area contributed by atoms with Crippen LogP contribution in [0.1, 0.15) is 6.42 Å². The Morgan fingerprint density at radius 1 is 1.44 bits per heavy atom. The lowest BCUT2D eigenvalue weighted by atomic mass is 10.2. The highest BCUT2D eigenvalue weighted by Crippen LogP contribution is 2.28. The monoisotopic (exact) mass is 258 g/mol. The van der Waals surface area contributed by atoms with E-state index in [2.05, 4.69) is 5.32 Å². The van der Waals surface area contributed by atoms with E-state index in [1.54, 1.807) is 7.11 Å². The summed E-state index contributed by atoms with van der Waals surface area (Å²) in [5, 5.41) is 12.0. The maximum Gasteiger partial charge on any atom is 0.167 e. The number of hydrogen-bond acceptors (Lipinski definition) is 5. The molecule has 1 aromatic carbocycles. The molecule has 0 heterocycles. The lowest BCUT2D eigenvalue weighted by Gasteiger charge is -2.20. The number of hydrogen-bond donors (Lipinski definition) is 3. The molecule has 0 saturated heterocycles. The lowest BCUT2D eigenvalue weighted by Crippen LogP contribution is -2.26. The molecular formula is C12H19FN2O3. The molecule has 0 saturated carbocycles. The summed E-state index contributed by atoms with van der Waals surface area (Å²) in [6.07, 6.45) is 0.507. The van der Waals surface area contributed by atoms with Crippen molar-refractivity contribution in [2.24, 2.45) is 0 Å². The van der Waals surface area contributed by atoms with E-state index in [9.17, 15) is 4.39 Å². The minimum atomic E-state index is -0.508. The fourth-order valence-corrected chi connectivity index (χ4v) is 1.62. The van der Waals surface area contributed by atoms with Gasteiger partial charge in [0.15, 0.2) is 11.6 Å². The van der Waals surface area contributed by atoms with Crippen LogP contribution in [0.15, 0.2) is 12.1 Å². The Morgan fingerprint density at radius 3 is 2.72 bits per heavy atom. The molecule has 5 nitrogen and oxygen atoms in total. The van der Waals surface area contributed by atoms with Crippen LogP contribution < -0.4 is 15.8 Å². The Balaban J connectivity index is 2.87. The summed E-state index contributed by atoms with van der Waals surface area (Å²) in [5.41, 5.74) is 6.57. The molecule has 18 heavy (non-hydrogen) atoms. The Bertz CT molecular complexity index is 382. The minimum Gasteiger partial charge on any atom is -0.494 e. The van der Waals surface area contributed by atoms with Crippen molar-refractivity contribution in [3.63, 3.8) is 0 Å². The standard InChI is InChI=1S/C12H19FN2O3/c1-17-7-8(3-4-16)15-11-6-12(18-2)9(13)5-10(11)14/h5-6,8,15-16H,3-4,7,14H2,1-2H3. The molecule has 0 bridgehead atoms. The van der Waals surface area contributed by atoms with E-state index in [4.69, 9.17) is 20.3 Å². The van der Waals surface area contributed by atoms with Crippen LogP contribution >= 0.6 is 0 Å². The third-order valence-electron chi connectivity index (χ3n) is 2.53. The fraction of sp³-hybridized carbons (Fsp3) is 0.500. The molecule has 1 rings (SSSR count). The zero-order chi connectivity index (χ0) is 13.5. The predicted octanol–water partition coefficient (Wildman–Crippen LogP) is 1.23. The fourth-order valence-electron chi connectivity index (χ4n) is 1.62. The second kappa shape index (κ2) is 7.03. The Kier molecular flexibility index (Phi) is 5.67. The number of halogens is 1. The molecule has 0 aliphatic carbocycles. The molecule has 1 aromatic rings. The summed E-state index contributed by atoms with van der Waals surface area (Å²) in [5.74, 6) is -0.391. The molecule has 0 amide bonds. The Hall–Kier alpha value is -1.53. The quantitative estimate of drug-likeness (QED) is 0.641. The van der Waals surface area contributed by atoms with E-state index in [1.807, 2.05) is 0 Å². The van der Waals surface area contributed by atoms with Crippen molar-refractivity contribution in [2.75, 3.05) is 38.5 Å². The van der Waals surface area contributed by atoms with Gasteiger partial charge < -0.3 is 25.6 Å². The number of nitrogen functional groups attached to an aromatic ring is 1.